The average molecular weight is 382 g/mol. The van der Waals surface area contributed by atoms with Crippen molar-refractivity contribution in [2.45, 2.75) is 75.2 Å². The van der Waals surface area contributed by atoms with Crippen molar-refractivity contribution in [2.24, 2.45) is 17.8 Å². The molecule has 1 aromatic carbocycles. The fourth-order valence-corrected chi connectivity index (χ4v) is 7.21. The van der Waals surface area contributed by atoms with Gasteiger partial charge in [-0.25, -0.2) is 0 Å². The first-order valence-corrected chi connectivity index (χ1v) is 11.1. The summed E-state index contributed by atoms with van der Waals surface area (Å²) in [6.45, 7) is -0.144. The molecule has 5 saturated carbocycles. The molecule has 0 aliphatic heterocycles. The molecule has 0 atom stereocenters. The Hall–Kier alpha value is -1.84. The number of amides is 1. The number of nitrogens with one attached hydrogen (secondary N) is 1. The Morgan fingerprint density at radius 1 is 0.929 bits per heavy atom. The topological polar surface area (TPSA) is 55.4 Å². The quantitative estimate of drug-likeness (QED) is 0.781. The van der Waals surface area contributed by atoms with Crippen molar-refractivity contribution in [1.82, 2.24) is 5.32 Å². The van der Waals surface area contributed by atoms with Gasteiger partial charge in [-0.05, 0) is 74.7 Å². The fraction of sp³-hybridized carbons (Fsp3) is 0.667. The van der Waals surface area contributed by atoms with Gasteiger partial charge in [0.05, 0.1) is 5.41 Å². The Balaban J connectivity index is 1.22. The van der Waals surface area contributed by atoms with Crippen molar-refractivity contribution in [2.75, 3.05) is 6.61 Å². The molecule has 1 aromatic rings. The summed E-state index contributed by atoms with van der Waals surface area (Å²) in [6.07, 6.45) is 11.1. The van der Waals surface area contributed by atoms with Gasteiger partial charge in [0.2, 0.25) is 0 Å². The molecular formula is C24H31NO3. The molecule has 0 saturated heterocycles. The highest BCUT2D eigenvalue weighted by atomic mass is 16.5. The highest BCUT2D eigenvalue weighted by Gasteiger charge is 2.51. The smallest absolute Gasteiger partial charge is 0.317 e. The van der Waals surface area contributed by atoms with Gasteiger partial charge in [0.15, 0.2) is 6.61 Å². The van der Waals surface area contributed by atoms with Crippen LogP contribution >= 0.6 is 0 Å². The lowest BCUT2D eigenvalue weighted by molar-refractivity contribution is -0.155. The van der Waals surface area contributed by atoms with E-state index in [-0.39, 0.29) is 24.0 Å². The molecule has 0 spiro atoms. The zero-order valence-corrected chi connectivity index (χ0v) is 16.6. The minimum atomic E-state index is -0.567. The van der Waals surface area contributed by atoms with Crippen molar-refractivity contribution in [3.63, 3.8) is 0 Å². The van der Waals surface area contributed by atoms with Gasteiger partial charge in [0, 0.05) is 5.54 Å². The zero-order valence-electron chi connectivity index (χ0n) is 16.6. The van der Waals surface area contributed by atoms with Gasteiger partial charge in [-0.2, -0.15) is 0 Å². The summed E-state index contributed by atoms with van der Waals surface area (Å²) < 4.78 is 5.61. The van der Waals surface area contributed by atoms with Crippen molar-refractivity contribution < 1.29 is 14.3 Å². The van der Waals surface area contributed by atoms with Crippen LogP contribution in [0.25, 0.3) is 0 Å². The van der Waals surface area contributed by atoms with Crippen LogP contribution in [0, 0.1) is 17.8 Å². The molecule has 4 heteroatoms. The van der Waals surface area contributed by atoms with E-state index in [1.165, 1.54) is 19.3 Å². The van der Waals surface area contributed by atoms with Gasteiger partial charge in [-0.3, -0.25) is 9.59 Å². The molecule has 150 valence electrons. The standard InChI is InChI=1S/C24H31NO3/c26-21(25-23-13-17-10-18(14-23)12-19(11-17)15-23)16-28-22(27)24(8-4-5-9-24)20-6-2-1-3-7-20/h1-3,6-7,17-19H,4-5,8-16H2,(H,25,26). The minimum absolute atomic E-state index is 0.0251. The Morgan fingerprint density at radius 2 is 1.50 bits per heavy atom. The molecule has 0 unspecified atom stereocenters. The summed E-state index contributed by atoms with van der Waals surface area (Å²) in [7, 11) is 0. The lowest BCUT2D eigenvalue weighted by atomic mass is 9.53. The second kappa shape index (κ2) is 6.89. The second-order valence-electron chi connectivity index (χ2n) is 9.98. The van der Waals surface area contributed by atoms with Crippen LogP contribution in [0.3, 0.4) is 0 Å². The first kappa shape index (κ1) is 18.2. The SMILES string of the molecule is O=C(COC(=O)C1(c2ccccc2)CCCC1)NC12CC3CC(CC(C3)C1)C2. The molecule has 1 N–H and O–H groups in total. The van der Waals surface area contributed by atoms with E-state index < -0.39 is 5.41 Å². The van der Waals surface area contributed by atoms with Gasteiger partial charge in [0.25, 0.3) is 5.91 Å². The minimum Gasteiger partial charge on any atom is -0.455 e. The van der Waals surface area contributed by atoms with E-state index in [0.717, 1.165) is 68.3 Å². The van der Waals surface area contributed by atoms with Crippen molar-refractivity contribution >= 4 is 11.9 Å². The average Bonchev–Trinajstić information content (AvgIpc) is 3.16. The Bertz CT molecular complexity index is 715. The van der Waals surface area contributed by atoms with E-state index in [9.17, 15) is 9.59 Å². The number of ether oxygens (including phenoxy) is 1. The van der Waals surface area contributed by atoms with Crippen LogP contribution < -0.4 is 5.32 Å². The van der Waals surface area contributed by atoms with Crippen LogP contribution in [0.2, 0.25) is 0 Å². The number of benzene rings is 1. The van der Waals surface area contributed by atoms with E-state index in [1.54, 1.807) is 0 Å². The molecule has 0 radical (unpaired) electrons. The Kier molecular flexibility index (Phi) is 4.48. The van der Waals surface area contributed by atoms with Crippen LogP contribution in [-0.4, -0.2) is 24.0 Å². The third-order valence-corrected chi connectivity index (χ3v) is 7.95. The number of hydrogen-bond acceptors (Lipinski definition) is 3. The van der Waals surface area contributed by atoms with E-state index in [0.29, 0.717) is 0 Å². The number of hydrogen-bond donors (Lipinski definition) is 1. The maximum atomic E-state index is 13.0. The maximum absolute atomic E-state index is 13.0. The van der Waals surface area contributed by atoms with Crippen molar-refractivity contribution in [3.05, 3.63) is 35.9 Å². The number of carbonyl (C=O) groups excluding carboxylic acids is 2. The Morgan fingerprint density at radius 3 is 2.07 bits per heavy atom. The van der Waals surface area contributed by atoms with Crippen LogP contribution in [0.4, 0.5) is 0 Å². The van der Waals surface area contributed by atoms with Gasteiger partial charge >= 0.3 is 5.97 Å². The van der Waals surface area contributed by atoms with E-state index in [1.807, 2.05) is 30.3 Å². The zero-order chi connectivity index (χ0) is 19.2. The summed E-state index contributed by atoms with van der Waals surface area (Å²) in [5.41, 5.74) is 0.435. The van der Waals surface area contributed by atoms with E-state index in [2.05, 4.69) is 5.32 Å². The molecular weight excluding hydrogens is 350 g/mol. The summed E-state index contributed by atoms with van der Waals surface area (Å²) >= 11 is 0. The lowest BCUT2D eigenvalue weighted by Gasteiger charge is -2.56. The van der Waals surface area contributed by atoms with Gasteiger partial charge in [0.1, 0.15) is 0 Å². The largest absolute Gasteiger partial charge is 0.455 e. The summed E-state index contributed by atoms with van der Waals surface area (Å²) in [4.78, 5) is 25.7. The first-order chi connectivity index (χ1) is 13.6. The maximum Gasteiger partial charge on any atom is 0.317 e. The normalized spacial score (nSPS) is 34.9. The van der Waals surface area contributed by atoms with Crippen molar-refractivity contribution in [1.29, 1.82) is 0 Å². The van der Waals surface area contributed by atoms with Gasteiger partial charge < -0.3 is 10.1 Å². The predicted molar refractivity (Wildman–Crippen MR) is 107 cm³/mol. The molecule has 0 aromatic heterocycles. The molecule has 0 heterocycles. The molecule has 1 amide bonds. The summed E-state index contributed by atoms with van der Waals surface area (Å²) in [6, 6.07) is 9.95. The van der Waals surface area contributed by atoms with E-state index >= 15 is 0 Å². The molecule has 5 aliphatic rings. The molecule has 28 heavy (non-hydrogen) atoms. The second-order valence-corrected chi connectivity index (χ2v) is 9.98. The monoisotopic (exact) mass is 381 g/mol. The van der Waals surface area contributed by atoms with Crippen LogP contribution in [0.5, 0.6) is 0 Å². The number of carbonyl (C=O) groups is 2. The van der Waals surface area contributed by atoms with Gasteiger partial charge in [-0.1, -0.05) is 43.2 Å². The molecule has 5 fully saturated rings. The predicted octanol–water partition coefficient (Wildman–Crippen LogP) is 4.13. The van der Waals surface area contributed by atoms with Crippen LogP contribution in [-0.2, 0) is 19.7 Å². The lowest BCUT2D eigenvalue weighted by Crippen LogP contribution is -2.60. The highest BCUT2D eigenvalue weighted by molar-refractivity contribution is 5.87. The third-order valence-electron chi connectivity index (χ3n) is 7.95. The van der Waals surface area contributed by atoms with Crippen LogP contribution in [0.1, 0.15) is 69.8 Å². The number of esters is 1. The van der Waals surface area contributed by atoms with E-state index in [4.69, 9.17) is 4.74 Å². The first-order valence-electron chi connectivity index (χ1n) is 11.1. The number of rotatable bonds is 5. The Labute approximate surface area is 167 Å². The third kappa shape index (κ3) is 3.15. The van der Waals surface area contributed by atoms with Crippen molar-refractivity contribution in [3.8, 4) is 0 Å². The highest BCUT2D eigenvalue weighted by Crippen LogP contribution is 2.55. The molecule has 4 bridgehead atoms. The molecule has 5 aliphatic carbocycles. The summed E-state index contributed by atoms with van der Waals surface area (Å²) in [5.74, 6) is 2.02. The fourth-order valence-electron chi connectivity index (χ4n) is 7.21. The van der Waals surface area contributed by atoms with Crippen LogP contribution in [0.15, 0.2) is 30.3 Å². The molecule has 6 rings (SSSR count). The molecule has 4 nitrogen and oxygen atoms in total. The van der Waals surface area contributed by atoms with Gasteiger partial charge in [-0.15, -0.1) is 0 Å². The summed E-state index contributed by atoms with van der Waals surface area (Å²) in [5, 5.41) is 3.31.